The third-order valence-corrected chi connectivity index (χ3v) is 12.4. The lowest BCUT2D eigenvalue weighted by atomic mass is 9.54. The number of carbonyl (C=O) groups is 4. The number of hydrogen-bond acceptors (Lipinski definition) is 11. The number of nitrogens with two attached hydrogens (primary N) is 1. The first-order valence-corrected chi connectivity index (χ1v) is 18.8. The Kier molecular flexibility index (Phi) is 10.6. The predicted octanol–water partition coefficient (Wildman–Crippen LogP) is 4.68. The van der Waals surface area contributed by atoms with E-state index in [1.165, 1.54) is 19.0 Å². The van der Waals surface area contributed by atoms with Crippen LogP contribution in [-0.2, 0) is 29.3 Å². The second kappa shape index (κ2) is 14.0. The first kappa shape index (κ1) is 37.9. The van der Waals surface area contributed by atoms with Crippen molar-refractivity contribution in [1.29, 1.82) is 0 Å². The van der Waals surface area contributed by atoms with Crippen LogP contribution in [0.3, 0.4) is 0 Å². The highest BCUT2D eigenvalue weighted by molar-refractivity contribution is 7.99. The summed E-state index contributed by atoms with van der Waals surface area (Å²) in [7, 11) is 3.05. The normalized spacial score (nSPS) is 29.1. The molecule has 0 aromatic heterocycles. The van der Waals surface area contributed by atoms with Crippen LogP contribution in [0.5, 0.6) is 5.75 Å². The number of esters is 1. The van der Waals surface area contributed by atoms with Crippen LogP contribution in [0.25, 0.3) is 5.76 Å². The summed E-state index contributed by atoms with van der Waals surface area (Å²) < 4.78 is 6.44. The smallest absolute Gasteiger partial charge is 0.309 e. The van der Waals surface area contributed by atoms with Gasteiger partial charge in [0, 0.05) is 28.7 Å². The van der Waals surface area contributed by atoms with Gasteiger partial charge in [0.15, 0.2) is 11.4 Å². The molecule has 0 bridgehead atoms. The molecule has 0 saturated heterocycles. The molecule has 2 saturated carbocycles. The number of phenolic OH excluding ortho intramolecular Hbond substituents is 1. The SMILES string of the molecule is CC(C)CSCC1c2ccc(C(C)(C)C)c(O)c2C(O)=C2C(=O)[C@]3(O)C(O)=C(C(N)=O)C(=O)[C@@H](N(C)C)C3C(OC(=O)C3CCCCCC3)C21. The van der Waals surface area contributed by atoms with Crippen LogP contribution < -0.4 is 5.73 Å². The number of Topliss-reactive ketones (excluding diaryl/α,β-unsaturated/α-hetero) is 2. The fraction of sp³-hybridized carbons (Fsp3) is 0.632. The molecule has 50 heavy (non-hydrogen) atoms. The van der Waals surface area contributed by atoms with Crippen molar-refractivity contribution in [3.05, 3.63) is 45.7 Å². The maximum absolute atomic E-state index is 14.9. The minimum Gasteiger partial charge on any atom is -0.508 e. The number of thioether (sulfide) groups is 1. The van der Waals surface area contributed by atoms with Crippen LogP contribution in [0.1, 0.15) is 95.8 Å². The molecule has 1 aromatic rings. The number of primary amides is 1. The zero-order valence-electron chi connectivity index (χ0n) is 30.1. The molecule has 4 unspecified atom stereocenters. The van der Waals surface area contributed by atoms with Crippen molar-refractivity contribution < 1.29 is 44.3 Å². The van der Waals surface area contributed by atoms with E-state index in [1.807, 2.05) is 26.8 Å². The fourth-order valence-electron chi connectivity index (χ4n) is 8.53. The van der Waals surface area contributed by atoms with E-state index in [9.17, 15) is 39.6 Å². The Hall–Kier alpha value is -3.35. The molecule has 2 fully saturated rings. The number of benzene rings is 1. The number of rotatable bonds is 8. The molecule has 0 radical (unpaired) electrons. The lowest BCUT2D eigenvalue weighted by molar-refractivity contribution is -0.188. The van der Waals surface area contributed by atoms with Gasteiger partial charge in [-0.1, -0.05) is 72.4 Å². The summed E-state index contributed by atoms with van der Waals surface area (Å²) in [5.41, 5.74) is 1.83. The molecule has 4 aliphatic carbocycles. The second-order valence-corrected chi connectivity index (χ2v) is 17.1. The van der Waals surface area contributed by atoms with Gasteiger partial charge in [-0.3, -0.25) is 24.1 Å². The highest BCUT2D eigenvalue weighted by Crippen LogP contribution is 2.58. The quantitative estimate of drug-likeness (QED) is 0.143. The molecular weight excluding hydrogens is 660 g/mol. The van der Waals surface area contributed by atoms with Gasteiger partial charge < -0.3 is 30.9 Å². The van der Waals surface area contributed by atoms with Crippen LogP contribution in [0.2, 0.25) is 0 Å². The van der Waals surface area contributed by atoms with Crippen molar-refractivity contribution in [1.82, 2.24) is 4.90 Å². The summed E-state index contributed by atoms with van der Waals surface area (Å²) in [6.07, 6.45) is 3.37. The van der Waals surface area contributed by atoms with Gasteiger partial charge in [-0.15, -0.1) is 0 Å². The molecule has 12 heteroatoms. The number of aromatic hydroxyl groups is 1. The van der Waals surface area contributed by atoms with Crippen LogP contribution in [0.15, 0.2) is 29.0 Å². The standard InChI is InChI=1S/C38H52N2O9S/c1-18(2)16-50-17-21-20-14-15-22(37(3,4)5)29(41)24(20)30(42)25-23(21)32(49-36(47)19-12-10-8-9-11-13-19)27-28(40(6)7)31(43)26(35(39)46)34(45)38(27,48)33(25)44/h14-15,18-19,21,23,27-28,32,41-42,45,48H,8-13,16-17H2,1-7H3,(H2,39,46)/t21?,23?,27?,28-,32?,38-/m0/s1. The van der Waals surface area contributed by atoms with Crippen LogP contribution in [0.4, 0.5) is 0 Å². The summed E-state index contributed by atoms with van der Waals surface area (Å²) >= 11 is 1.60. The van der Waals surface area contributed by atoms with Gasteiger partial charge in [0.1, 0.15) is 28.9 Å². The van der Waals surface area contributed by atoms with E-state index in [4.69, 9.17) is 10.5 Å². The maximum Gasteiger partial charge on any atom is 0.309 e. The third kappa shape index (κ3) is 6.25. The molecule has 1 aromatic carbocycles. The molecule has 5 rings (SSSR count). The van der Waals surface area contributed by atoms with Crippen LogP contribution in [-0.4, -0.2) is 92.1 Å². The number of ether oxygens (including phenoxy) is 1. The largest absolute Gasteiger partial charge is 0.508 e. The molecule has 11 nitrogen and oxygen atoms in total. The summed E-state index contributed by atoms with van der Waals surface area (Å²) in [4.78, 5) is 57.1. The molecule has 274 valence electrons. The van der Waals surface area contributed by atoms with Gasteiger partial charge >= 0.3 is 5.97 Å². The number of aliphatic hydroxyl groups is 3. The molecule has 6 N–H and O–H groups in total. The number of phenols is 1. The number of fused-ring (bicyclic) bond motifs is 3. The number of amides is 1. The summed E-state index contributed by atoms with van der Waals surface area (Å²) in [6.45, 7) is 9.84. The van der Waals surface area contributed by atoms with Crippen molar-refractivity contribution in [2.45, 2.75) is 102 Å². The molecule has 6 atom stereocenters. The maximum atomic E-state index is 14.9. The third-order valence-electron chi connectivity index (χ3n) is 10.9. The predicted molar refractivity (Wildman–Crippen MR) is 191 cm³/mol. The lowest BCUT2D eigenvalue weighted by Gasteiger charge is -2.55. The van der Waals surface area contributed by atoms with E-state index in [1.54, 1.807) is 17.8 Å². The Balaban J connectivity index is 1.83. The zero-order valence-corrected chi connectivity index (χ0v) is 30.9. The Labute approximate surface area is 298 Å². The Morgan fingerprint density at radius 1 is 1.06 bits per heavy atom. The van der Waals surface area contributed by atoms with Gasteiger partial charge in [-0.05, 0) is 49.6 Å². The van der Waals surface area contributed by atoms with E-state index >= 15 is 0 Å². The molecule has 1 amide bonds. The first-order valence-electron chi connectivity index (χ1n) is 17.6. The number of aliphatic hydroxyl groups excluding tert-OH is 2. The van der Waals surface area contributed by atoms with E-state index in [0.29, 0.717) is 35.6 Å². The molecule has 0 aliphatic heterocycles. The number of likely N-dealkylation sites (N-methyl/N-ethyl adjacent to an activating group) is 1. The number of nitrogens with zero attached hydrogens (tertiary/aromatic N) is 1. The second-order valence-electron chi connectivity index (χ2n) is 16.1. The number of ketones is 2. The topological polar surface area (TPSA) is 188 Å². The van der Waals surface area contributed by atoms with Crippen molar-refractivity contribution >= 4 is 41.0 Å². The minimum absolute atomic E-state index is 0.0257. The molecule has 0 spiro atoms. The summed E-state index contributed by atoms with van der Waals surface area (Å²) in [6, 6.07) is 2.19. The van der Waals surface area contributed by atoms with Crippen molar-refractivity contribution in [2.24, 2.45) is 29.4 Å². The van der Waals surface area contributed by atoms with Gasteiger partial charge in [0.25, 0.3) is 5.91 Å². The average Bonchev–Trinajstić information content (AvgIpc) is 3.30. The monoisotopic (exact) mass is 712 g/mol. The van der Waals surface area contributed by atoms with Crippen molar-refractivity contribution in [3.63, 3.8) is 0 Å². The van der Waals surface area contributed by atoms with Crippen molar-refractivity contribution in [2.75, 3.05) is 25.6 Å². The van der Waals surface area contributed by atoms with Crippen LogP contribution >= 0.6 is 11.8 Å². The van der Waals surface area contributed by atoms with Gasteiger partial charge in [-0.2, -0.15) is 11.8 Å². The Morgan fingerprint density at radius 2 is 1.68 bits per heavy atom. The molecule has 4 aliphatic rings. The van der Waals surface area contributed by atoms with Crippen LogP contribution in [0, 0.1) is 23.7 Å². The molecular formula is C38H52N2O9S. The first-order chi connectivity index (χ1) is 23.3. The number of hydrogen-bond donors (Lipinski definition) is 5. The lowest BCUT2D eigenvalue weighted by Crippen LogP contribution is -2.71. The summed E-state index contributed by atoms with van der Waals surface area (Å²) in [5.74, 6) is -8.33. The zero-order chi connectivity index (χ0) is 37.0. The Bertz CT molecular complexity index is 1630. The van der Waals surface area contributed by atoms with Crippen molar-refractivity contribution in [3.8, 4) is 5.75 Å². The van der Waals surface area contributed by atoms with Gasteiger partial charge in [0.2, 0.25) is 5.78 Å². The highest BCUT2D eigenvalue weighted by Gasteiger charge is 2.70. The van der Waals surface area contributed by atoms with E-state index in [0.717, 1.165) is 31.4 Å². The van der Waals surface area contributed by atoms with E-state index < -0.39 is 87.4 Å². The Morgan fingerprint density at radius 3 is 2.22 bits per heavy atom. The highest BCUT2D eigenvalue weighted by atomic mass is 32.2. The molecule has 0 heterocycles. The fourth-order valence-corrected chi connectivity index (χ4v) is 9.78. The minimum atomic E-state index is -2.98. The van der Waals surface area contributed by atoms with Gasteiger partial charge in [0.05, 0.1) is 23.4 Å². The van der Waals surface area contributed by atoms with E-state index in [2.05, 4.69) is 13.8 Å². The van der Waals surface area contributed by atoms with E-state index in [-0.39, 0.29) is 16.9 Å². The average molecular weight is 713 g/mol. The number of carbonyl (C=O) groups excluding carboxylic acids is 4. The summed E-state index contributed by atoms with van der Waals surface area (Å²) in [5, 5.41) is 48.0. The van der Waals surface area contributed by atoms with Gasteiger partial charge in [-0.25, -0.2) is 0 Å².